The van der Waals surface area contributed by atoms with Crippen molar-refractivity contribution in [3.05, 3.63) is 71.9 Å². The molecule has 1 aliphatic rings. The van der Waals surface area contributed by atoms with E-state index in [0.717, 1.165) is 55.5 Å². The Morgan fingerprint density at radius 2 is 1.88 bits per heavy atom. The molecule has 26 heavy (non-hydrogen) atoms. The van der Waals surface area contributed by atoms with E-state index in [1.165, 1.54) is 5.56 Å². The Bertz CT molecular complexity index is 863. The van der Waals surface area contributed by atoms with Crippen molar-refractivity contribution in [2.75, 3.05) is 19.6 Å². The van der Waals surface area contributed by atoms with Crippen LogP contribution in [0.3, 0.4) is 0 Å². The molecule has 1 aliphatic heterocycles. The van der Waals surface area contributed by atoms with Gasteiger partial charge in [-0.1, -0.05) is 36.4 Å². The Morgan fingerprint density at radius 1 is 1.08 bits per heavy atom. The second kappa shape index (κ2) is 7.75. The third-order valence-corrected chi connectivity index (χ3v) is 5.32. The summed E-state index contributed by atoms with van der Waals surface area (Å²) >= 11 is 0. The number of carbonyl (C=O) groups excluding carboxylic acids is 1. The molecule has 4 rings (SSSR count). The number of hydrogen-bond acceptors (Lipinski definition) is 2. The molecule has 0 bridgehead atoms. The van der Waals surface area contributed by atoms with E-state index in [-0.39, 0.29) is 5.91 Å². The van der Waals surface area contributed by atoms with Gasteiger partial charge in [0.25, 0.3) is 5.91 Å². The van der Waals surface area contributed by atoms with Crippen LogP contribution in [0.15, 0.2) is 60.8 Å². The van der Waals surface area contributed by atoms with Gasteiger partial charge in [0.15, 0.2) is 0 Å². The van der Waals surface area contributed by atoms with Gasteiger partial charge < -0.3 is 10.3 Å². The minimum absolute atomic E-state index is 0.0215. The first-order valence-electron chi connectivity index (χ1n) is 9.39. The molecule has 1 amide bonds. The van der Waals surface area contributed by atoms with Crippen LogP contribution >= 0.6 is 0 Å². The molecule has 1 saturated heterocycles. The summed E-state index contributed by atoms with van der Waals surface area (Å²) in [6.07, 6.45) is 4.18. The lowest BCUT2D eigenvalue weighted by molar-refractivity contribution is 0.0935. The second-order valence-electron chi connectivity index (χ2n) is 7.19. The summed E-state index contributed by atoms with van der Waals surface area (Å²) in [5, 5.41) is 4.25. The monoisotopic (exact) mass is 347 g/mol. The van der Waals surface area contributed by atoms with Crippen LogP contribution in [-0.4, -0.2) is 35.4 Å². The summed E-state index contributed by atoms with van der Waals surface area (Å²) < 4.78 is 0. The molecule has 4 nitrogen and oxygen atoms in total. The lowest BCUT2D eigenvalue weighted by Gasteiger charge is -2.32. The van der Waals surface area contributed by atoms with Crippen molar-refractivity contribution in [2.45, 2.75) is 19.4 Å². The van der Waals surface area contributed by atoms with E-state index < -0.39 is 0 Å². The van der Waals surface area contributed by atoms with Gasteiger partial charge in [0.1, 0.15) is 0 Å². The third-order valence-electron chi connectivity index (χ3n) is 5.32. The highest BCUT2D eigenvalue weighted by Crippen LogP contribution is 2.19. The number of hydrogen-bond donors (Lipinski definition) is 2. The maximum Gasteiger partial charge on any atom is 0.251 e. The van der Waals surface area contributed by atoms with E-state index in [1.807, 2.05) is 30.5 Å². The maximum atomic E-state index is 12.4. The number of amides is 1. The minimum atomic E-state index is 0.0215. The number of nitrogens with one attached hydrogen (secondary N) is 2. The molecule has 0 aliphatic carbocycles. The Hall–Kier alpha value is -2.59. The van der Waals surface area contributed by atoms with Gasteiger partial charge in [0.2, 0.25) is 0 Å². The Kier molecular flexibility index (Phi) is 5.02. The van der Waals surface area contributed by atoms with Crippen LogP contribution in [0.4, 0.5) is 0 Å². The zero-order valence-electron chi connectivity index (χ0n) is 14.9. The Labute approximate surface area is 154 Å². The zero-order chi connectivity index (χ0) is 17.8. The van der Waals surface area contributed by atoms with E-state index in [2.05, 4.69) is 45.5 Å². The summed E-state index contributed by atoms with van der Waals surface area (Å²) in [4.78, 5) is 18.1. The fourth-order valence-electron chi connectivity index (χ4n) is 3.72. The van der Waals surface area contributed by atoms with E-state index in [0.29, 0.717) is 5.92 Å². The van der Waals surface area contributed by atoms with Crippen molar-refractivity contribution in [1.82, 2.24) is 15.2 Å². The van der Waals surface area contributed by atoms with Crippen LogP contribution in [0.5, 0.6) is 0 Å². The number of aromatic amines is 1. The number of fused-ring (bicyclic) bond motifs is 1. The molecule has 0 radical (unpaired) electrons. The molecule has 2 N–H and O–H groups in total. The van der Waals surface area contributed by atoms with Crippen LogP contribution in [0.1, 0.15) is 28.8 Å². The average molecular weight is 347 g/mol. The fraction of sp³-hybridized carbons (Fsp3) is 0.318. The van der Waals surface area contributed by atoms with Gasteiger partial charge >= 0.3 is 0 Å². The largest absolute Gasteiger partial charge is 0.361 e. The van der Waals surface area contributed by atoms with E-state index in [1.54, 1.807) is 0 Å². The number of carbonyl (C=O) groups is 1. The summed E-state index contributed by atoms with van der Waals surface area (Å²) in [6, 6.07) is 18.5. The standard InChI is InChI=1S/C22H25N3O/c26-22(20-7-6-19-8-11-23-21(19)14-20)24-15-17-9-12-25(13-10-17)16-18-4-2-1-3-5-18/h1-8,11,14,17,23H,9-10,12-13,15-16H2,(H,24,26). The van der Waals surface area contributed by atoms with Crippen LogP contribution in [-0.2, 0) is 6.54 Å². The van der Waals surface area contributed by atoms with Crippen LogP contribution < -0.4 is 5.32 Å². The van der Waals surface area contributed by atoms with Gasteiger partial charge in [0.05, 0.1) is 0 Å². The number of aromatic nitrogens is 1. The number of nitrogens with zero attached hydrogens (tertiary/aromatic N) is 1. The first-order chi connectivity index (χ1) is 12.8. The van der Waals surface area contributed by atoms with Crippen molar-refractivity contribution in [1.29, 1.82) is 0 Å². The maximum absolute atomic E-state index is 12.4. The van der Waals surface area contributed by atoms with Crippen LogP contribution in [0.2, 0.25) is 0 Å². The predicted octanol–water partition coefficient (Wildman–Crippen LogP) is 3.81. The molecule has 4 heteroatoms. The summed E-state index contributed by atoms with van der Waals surface area (Å²) in [5.74, 6) is 0.591. The summed E-state index contributed by atoms with van der Waals surface area (Å²) in [7, 11) is 0. The molecule has 0 spiro atoms. The first-order valence-corrected chi connectivity index (χ1v) is 9.39. The molecular formula is C22H25N3O. The molecular weight excluding hydrogens is 322 g/mol. The number of H-pyrrole nitrogens is 1. The topological polar surface area (TPSA) is 48.1 Å². The summed E-state index contributed by atoms with van der Waals surface area (Å²) in [5.41, 5.74) is 3.10. The Morgan fingerprint density at radius 3 is 2.69 bits per heavy atom. The SMILES string of the molecule is O=C(NCC1CCN(Cc2ccccc2)CC1)c1ccc2cc[nH]c2c1. The van der Waals surface area contributed by atoms with Gasteiger partial charge in [-0.2, -0.15) is 0 Å². The third kappa shape index (κ3) is 3.97. The number of benzene rings is 2. The number of rotatable bonds is 5. The van der Waals surface area contributed by atoms with Gasteiger partial charge in [-0.25, -0.2) is 0 Å². The highest BCUT2D eigenvalue weighted by Gasteiger charge is 2.20. The normalized spacial score (nSPS) is 16.0. The van der Waals surface area contributed by atoms with Crippen molar-refractivity contribution in [3.8, 4) is 0 Å². The van der Waals surface area contributed by atoms with Gasteiger partial charge in [-0.15, -0.1) is 0 Å². The van der Waals surface area contributed by atoms with Crippen molar-refractivity contribution in [2.24, 2.45) is 5.92 Å². The smallest absolute Gasteiger partial charge is 0.251 e. The highest BCUT2D eigenvalue weighted by molar-refractivity contribution is 5.97. The lowest BCUT2D eigenvalue weighted by Crippen LogP contribution is -2.38. The molecule has 1 aromatic heterocycles. The predicted molar refractivity (Wildman–Crippen MR) is 105 cm³/mol. The van der Waals surface area contributed by atoms with E-state index >= 15 is 0 Å². The second-order valence-corrected chi connectivity index (χ2v) is 7.19. The average Bonchev–Trinajstić information content (AvgIpc) is 3.16. The van der Waals surface area contributed by atoms with E-state index in [4.69, 9.17) is 0 Å². The molecule has 134 valence electrons. The molecule has 0 atom stereocenters. The van der Waals surface area contributed by atoms with Crippen molar-refractivity contribution in [3.63, 3.8) is 0 Å². The quantitative estimate of drug-likeness (QED) is 0.737. The van der Waals surface area contributed by atoms with Crippen LogP contribution in [0, 0.1) is 5.92 Å². The van der Waals surface area contributed by atoms with Crippen LogP contribution in [0.25, 0.3) is 10.9 Å². The lowest BCUT2D eigenvalue weighted by atomic mass is 9.96. The first kappa shape index (κ1) is 16.9. The molecule has 0 unspecified atom stereocenters. The molecule has 2 heterocycles. The van der Waals surface area contributed by atoms with Gasteiger partial charge in [-0.05, 0) is 61.0 Å². The molecule has 3 aromatic rings. The summed E-state index contributed by atoms with van der Waals surface area (Å²) in [6.45, 7) is 3.99. The number of piperidine rings is 1. The van der Waals surface area contributed by atoms with Gasteiger partial charge in [0, 0.05) is 30.4 Å². The molecule has 1 fully saturated rings. The molecule has 0 saturated carbocycles. The van der Waals surface area contributed by atoms with Gasteiger partial charge in [-0.3, -0.25) is 9.69 Å². The van der Waals surface area contributed by atoms with E-state index in [9.17, 15) is 4.79 Å². The van der Waals surface area contributed by atoms with Crippen molar-refractivity contribution >= 4 is 16.8 Å². The minimum Gasteiger partial charge on any atom is -0.361 e. The fourth-order valence-corrected chi connectivity index (χ4v) is 3.72. The Balaban J connectivity index is 1.25. The molecule has 2 aromatic carbocycles. The highest BCUT2D eigenvalue weighted by atomic mass is 16.1. The number of likely N-dealkylation sites (tertiary alicyclic amines) is 1. The zero-order valence-corrected chi connectivity index (χ0v) is 14.9. The van der Waals surface area contributed by atoms with Crippen molar-refractivity contribution < 1.29 is 4.79 Å².